The van der Waals surface area contributed by atoms with Crippen LogP contribution in [0.15, 0.2) is 17.1 Å². The number of nitrogens with one attached hydrogen (secondary N) is 2. The molecule has 3 aliphatic rings. The van der Waals surface area contributed by atoms with Crippen molar-refractivity contribution in [3.63, 3.8) is 0 Å². The van der Waals surface area contributed by atoms with E-state index in [0.29, 0.717) is 19.1 Å². The Bertz CT molecular complexity index is 630. The summed E-state index contributed by atoms with van der Waals surface area (Å²) in [4.78, 5) is 33.9. The molecule has 0 spiro atoms. The molecule has 0 aromatic heterocycles. The van der Waals surface area contributed by atoms with Crippen LogP contribution in [-0.2, 0) is 9.59 Å². The topological polar surface area (TPSA) is 77.0 Å². The predicted molar refractivity (Wildman–Crippen MR) is 115 cm³/mol. The second kappa shape index (κ2) is 9.74. The number of allylic oxidation sites excluding steroid dienone is 2. The Kier molecular flexibility index (Phi) is 7.33. The van der Waals surface area contributed by atoms with E-state index in [2.05, 4.69) is 53.6 Å². The Labute approximate surface area is 175 Å². The van der Waals surface area contributed by atoms with Crippen molar-refractivity contribution >= 4 is 17.8 Å². The molecular formula is C22H37N5O2. The van der Waals surface area contributed by atoms with E-state index in [9.17, 15) is 9.59 Å². The molecule has 4 unspecified atom stereocenters. The van der Waals surface area contributed by atoms with Gasteiger partial charge < -0.3 is 15.5 Å². The van der Waals surface area contributed by atoms with Gasteiger partial charge in [-0.15, -0.1) is 0 Å². The number of carbonyl (C=O) groups is 2. The summed E-state index contributed by atoms with van der Waals surface area (Å²) in [6, 6.07) is 0.569. The number of fused-ring (bicyclic) bond motifs is 5. The smallest absolute Gasteiger partial charge is 0.233 e. The summed E-state index contributed by atoms with van der Waals surface area (Å²) in [6.07, 6.45) is 7.40. The minimum atomic E-state index is -0.108. The van der Waals surface area contributed by atoms with Crippen LogP contribution in [0, 0.1) is 23.7 Å². The Hall–Kier alpha value is -1.89. The molecule has 1 saturated carbocycles. The molecule has 1 saturated heterocycles. The normalized spacial score (nSPS) is 28.2. The van der Waals surface area contributed by atoms with Gasteiger partial charge in [0.15, 0.2) is 5.96 Å². The van der Waals surface area contributed by atoms with E-state index in [0.717, 1.165) is 44.9 Å². The molecule has 7 heteroatoms. The van der Waals surface area contributed by atoms with Gasteiger partial charge in [-0.2, -0.15) is 0 Å². The first-order valence-corrected chi connectivity index (χ1v) is 11.2. The molecule has 2 aliphatic carbocycles. The number of carbonyl (C=O) groups excluding carboxylic acids is 2. The van der Waals surface area contributed by atoms with E-state index in [1.54, 1.807) is 0 Å². The van der Waals surface area contributed by atoms with Crippen LogP contribution in [0.5, 0.6) is 0 Å². The van der Waals surface area contributed by atoms with Gasteiger partial charge in [0.1, 0.15) is 0 Å². The van der Waals surface area contributed by atoms with E-state index < -0.39 is 0 Å². The van der Waals surface area contributed by atoms with E-state index in [4.69, 9.17) is 0 Å². The first-order valence-electron chi connectivity index (χ1n) is 11.2. The van der Waals surface area contributed by atoms with Crippen molar-refractivity contribution in [2.45, 2.75) is 46.1 Å². The number of nitrogens with zero attached hydrogens (tertiary/aromatic N) is 3. The quantitative estimate of drug-likeness (QED) is 0.190. The molecule has 7 nitrogen and oxygen atoms in total. The zero-order valence-electron chi connectivity index (χ0n) is 18.4. The van der Waals surface area contributed by atoms with Gasteiger partial charge in [-0.1, -0.05) is 12.2 Å². The third-order valence-electron chi connectivity index (χ3n) is 6.60. The van der Waals surface area contributed by atoms with Crippen LogP contribution < -0.4 is 10.6 Å². The molecule has 1 aliphatic heterocycles. The molecule has 0 aromatic carbocycles. The summed E-state index contributed by atoms with van der Waals surface area (Å²) in [5.41, 5.74) is 0. The lowest BCUT2D eigenvalue weighted by Crippen LogP contribution is -2.43. The number of hydrogen-bond acceptors (Lipinski definition) is 4. The van der Waals surface area contributed by atoms with E-state index in [-0.39, 0.29) is 35.5 Å². The van der Waals surface area contributed by atoms with Crippen LogP contribution in [0.1, 0.15) is 40.0 Å². The van der Waals surface area contributed by atoms with E-state index >= 15 is 0 Å². The first kappa shape index (κ1) is 21.8. The molecule has 2 bridgehead atoms. The minimum Gasteiger partial charge on any atom is -0.357 e. The lowest BCUT2D eigenvalue weighted by Gasteiger charge is -2.20. The third kappa shape index (κ3) is 4.82. The molecule has 3 rings (SSSR count). The number of aliphatic imine (C=N–C) groups is 1. The standard InChI is InChI=1S/C22H37N5O2/c1-5-23-22(24-10-6-7-12-26(4)15(2)3)25-11-13-27-20(28)18-16-8-9-17(14-16)19(18)21(27)29/h8-9,15-19H,5-7,10-14H2,1-4H3,(H2,23,24,25). The molecule has 1 heterocycles. The van der Waals surface area contributed by atoms with Gasteiger partial charge in [0.25, 0.3) is 0 Å². The Morgan fingerprint density at radius 3 is 2.41 bits per heavy atom. The predicted octanol–water partition coefficient (Wildman–Crippen LogP) is 1.47. The van der Waals surface area contributed by atoms with Gasteiger partial charge >= 0.3 is 0 Å². The maximum atomic E-state index is 12.7. The van der Waals surface area contributed by atoms with Crippen LogP contribution in [-0.4, -0.2) is 73.4 Å². The molecule has 162 valence electrons. The number of guanidine groups is 1. The molecule has 0 radical (unpaired) electrons. The maximum Gasteiger partial charge on any atom is 0.233 e. The van der Waals surface area contributed by atoms with Gasteiger partial charge in [-0.3, -0.25) is 19.5 Å². The minimum absolute atomic E-state index is 0.0230. The number of imide groups is 1. The van der Waals surface area contributed by atoms with Crippen molar-refractivity contribution in [1.82, 2.24) is 20.4 Å². The Morgan fingerprint density at radius 1 is 1.17 bits per heavy atom. The second-order valence-corrected chi connectivity index (χ2v) is 8.80. The lowest BCUT2D eigenvalue weighted by molar-refractivity contribution is -0.140. The van der Waals surface area contributed by atoms with Gasteiger partial charge in [0.05, 0.1) is 11.8 Å². The monoisotopic (exact) mass is 403 g/mol. The molecule has 0 aromatic rings. The molecule has 4 atom stereocenters. The van der Waals surface area contributed by atoms with Crippen molar-refractivity contribution in [2.75, 3.05) is 39.8 Å². The highest BCUT2D eigenvalue weighted by molar-refractivity contribution is 6.06. The van der Waals surface area contributed by atoms with Gasteiger partial charge in [-0.25, -0.2) is 0 Å². The average Bonchev–Trinajstić information content (AvgIpc) is 3.36. The van der Waals surface area contributed by atoms with Gasteiger partial charge in [0, 0.05) is 32.2 Å². The van der Waals surface area contributed by atoms with E-state index in [1.807, 2.05) is 6.92 Å². The second-order valence-electron chi connectivity index (χ2n) is 8.80. The van der Waals surface area contributed by atoms with Crippen molar-refractivity contribution < 1.29 is 9.59 Å². The van der Waals surface area contributed by atoms with Crippen LogP contribution in [0.2, 0.25) is 0 Å². The highest BCUT2D eigenvalue weighted by Gasteiger charge is 2.58. The first-order chi connectivity index (χ1) is 13.9. The summed E-state index contributed by atoms with van der Waals surface area (Å²) in [5, 5.41) is 6.52. The highest BCUT2D eigenvalue weighted by Crippen LogP contribution is 2.52. The van der Waals surface area contributed by atoms with Crippen molar-refractivity contribution in [3.05, 3.63) is 12.2 Å². The number of hydrogen-bond donors (Lipinski definition) is 2. The highest BCUT2D eigenvalue weighted by atomic mass is 16.2. The molecule has 2 fully saturated rings. The summed E-state index contributed by atoms with van der Waals surface area (Å²) in [5.74, 6) is 1.13. The number of likely N-dealkylation sites (tertiary alicyclic amines) is 1. The Balaban J connectivity index is 1.41. The zero-order valence-corrected chi connectivity index (χ0v) is 18.4. The SMILES string of the molecule is CCNC(=NCCCCN(C)C(C)C)NCCN1C(=O)C2C3C=CC(C3)C2C1=O. The average molecular weight is 404 g/mol. The van der Waals surface area contributed by atoms with Crippen molar-refractivity contribution in [2.24, 2.45) is 28.7 Å². The number of unbranched alkanes of at least 4 members (excludes halogenated alkanes) is 1. The van der Waals surface area contributed by atoms with Crippen molar-refractivity contribution in [1.29, 1.82) is 0 Å². The Morgan fingerprint density at radius 2 is 1.83 bits per heavy atom. The van der Waals surface area contributed by atoms with Gasteiger partial charge in [0.2, 0.25) is 11.8 Å². The number of amides is 2. The molecule has 29 heavy (non-hydrogen) atoms. The van der Waals surface area contributed by atoms with E-state index in [1.165, 1.54) is 4.90 Å². The zero-order chi connectivity index (χ0) is 21.0. The molecule has 2 amide bonds. The third-order valence-corrected chi connectivity index (χ3v) is 6.60. The fourth-order valence-electron chi connectivity index (χ4n) is 4.73. The van der Waals surface area contributed by atoms with Crippen LogP contribution >= 0.6 is 0 Å². The number of rotatable bonds is 10. The van der Waals surface area contributed by atoms with Gasteiger partial charge in [-0.05, 0) is 65.5 Å². The summed E-state index contributed by atoms with van der Waals surface area (Å²) in [7, 11) is 2.15. The summed E-state index contributed by atoms with van der Waals surface area (Å²) < 4.78 is 0. The van der Waals surface area contributed by atoms with Crippen LogP contribution in [0.25, 0.3) is 0 Å². The fraction of sp³-hybridized carbons (Fsp3) is 0.773. The van der Waals surface area contributed by atoms with Crippen molar-refractivity contribution in [3.8, 4) is 0 Å². The molecular weight excluding hydrogens is 366 g/mol. The summed E-state index contributed by atoms with van der Waals surface area (Å²) >= 11 is 0. The largest absolute Gasteiger partial charge is 0.357 e. The lowest BCUT2D eigenvalue weighted by atomic mass is 9.85. The summed E-state index contributed by atoms with van der Waals surface area (Å²) in [6.45, 7) is 10.0. The molecule has 2 N–H and O–H groups in total. The van der Waals surface area contributed by atoms with Crippen LogP contribution in [0.3, 0.4) is 0 Å². The maximum absolute atomic E-state index is 12.7. The fourth-order valence-corrected chi connectivity index (χ4v) is 4.73. The van der Waals surface area contributed by atoms with Crippen LogP contribution in [0.4, 0.5) is 0 Å².